The first-order valence-corrected chi connectivity index (χ1v) is 15.8. The summed E-state index contributed by atoms with van der Waals surface area (Å²) in [7, 11) is 0. The summed E-state index contributed by atoms with van der Waals surface area (Å²) >= 11 is 0. The molecule has 0 saturated carbocycles. The number of aryl methyl sites for hydroxylation is 8. The van der Waals surface area contributed by atoms with Crippen LogP contribution in [0.25, 0.3) is 22.3 Å². The molecule has 0 amide bonds. The van der Waals surface area contributed by atoms with E-state index in [1.165, 1.54) is 109 Å². The molecule has 1 N–H and O–H groups in total. The van der Waals surface area contributed by atoms with Gasteiger partial charge in [-0.3, -0.25) is 0 Å². The van der Waals surface area contributed by atoms with E-state index >= 15 is 0 Å². The van der Waals surface area contributed by atoms with Crippen LogP contribution in [0, 0.1) is 48.5 Å². The topological polar surface area (TPSA) is 20.2 Å². The van der Waals surface area contributed by atoms with Crippen LogP contribution in [0.1, 0.15) is 98.0 Å². The average molecular weight is 543 g/mol. The van der Waals surface area contributed by atoms with Crippen LogP contribution in [-0.2, 0) is 32.1 Å². The third-order valence-corrected chi connectivity index (χ3v) is 10.0. The first-order valence-electron chi connectivity index (χ1n) is 15.8. The SMILES string of the molecule is Cc1cc(C)c(-c2cc3c(c(Cc4c(O)c(-c5c(C)cc(C)cc5C)cc5c4CCCC5)c2C)CCCC3)c(C)c1. The molecule has 0 aliphatic heterocycles. The molecule has 2 aliphatic carbocycles. The molecule has 0 saturated heterocycles. The second-order valence-electron chi connectivity index (χ2n) is 13.2. The molecule has 0 heterocycles. The fourth-order valence-corrected chi connectivity index (χ4v) is 8.35. The van der Waals surface area contributed by atoms with Crippen LogP contribution in [0.2, 0.25) is 0 Å². The number of rotatable bonds is 4. The van der Waals surface area contributed by atoms with Crippen molar-refractivity contribution < 1.29 is 5.11 Å². The van der Waals surface area contributed by atoms with Crippen LogP contribution in [0.5, 0.6) is 5.75 Å². The standard InChI is InChI=1S/C40H46O/c1-23-16-25(3)38(26(4)17-23)35-20-30-12-8-10-14-32(30)34(29(35)7)22-36-33-15-11-9-13-31(33)21-37(40(36)41)39-27(5)18-24(2)19-28(39)6/h16-21,41H,8-15,22H2,1-7H3. The van der Waals surface area contributed by atoms with Gasteiger partial charge in [0.1, 0.15) is 5.75 Å². The summed E-state index contributed by atoms with van der Waals surface area (Å²) in [6, 6.07) is 14.0. The number of aromatic hydroxyl groups is 1. The van der Waals surface area contributed by atoms with E-state index in [0.717, 1.165) is 37.7 Å². The molecular weight excluding hydrogens is 496 g/mol. The molecule has 0 radical (unpaired) electrons. The maximum atomic E-state index is 12.2. The van der Waals surface area contributed by atoms with Crippen LogP contribution in [0.4, 0.5) is 0 Å². The first kappa shape index (κ1) is 27.8. The lowest BCUT2D eigenvalue weighted by Crippen LogP contribution is -2.13. The number of fused-ring (bicyclic) bond motifs is 2. The highest BCUT2D eigenvalue weighted by Crippen LogP contribution is 2.45. The Morgan fingerprint density at radius 1 is 0.512 bits per heavy atom. The quantitative estimate of drug-likeness (QED) is 0.272. The van der Waals surface area contributed by atoms with Crippen molar-refractivity contribution in [2.75, 3.05) is 0 Å². The van der Waals surface area contributed by atoms with Crippen LogP contribution in [0.3, 0.4) is 0 Å². The summed E-state index contributed by atoms with van der Waals surface area (Å²) in [6.07, 6.45) is 10.3. The Labute approximate surface area is 247 Å². The van der Waals surface area contributed by atoms with Gasteiger partial charge in [0.15, 0.2) is 0 Å². The van der Waals surface area contributed by atoms with Crippen molar-refractivity contribution in [1.29, 1.82) is 0 Å². The van der Waals surface area contributed by atoms with E-state index in [4.69, 9.17) is 0 Å². The lowest BCUT2D eigenvalue weighted by molar-refractivity contribution is 0.468. The van der Waals surface area contributed by atoms with Crippen molar-refractivity contribution in [3.63, 3.8) is 0 Å². The van der Waals surface area contributed by atoms with E-state index in [9.17, 15) is 5.11 Å². The number of benzene rings is 4. The van der Waals surface area contributed by atoms with Crippen molar-refractivity contribution in [2.45, 2.75) is 106 Å². The third-order valence-electron chi connectivity index (χ3n) is 10.0. The van der Waals surface area contributed by atoms with Gasteiger partial charge in [0.25, 0.3) is 0 Å². The molecule has 0 bridgehead atoms. The van der Waals surface area contributed by atoms with Crippen LogP contribution in [-0.4, -0.2) is 5.11 Å². The summed E-state index contributed by atoms with van der Waals surface area (Å²) in [5, 5.41) is 12.2. The minimum absolute atomic E-state index is 0.512. The molecule has 212 valence electrons. The van der Waals surface area contributed by atoms with Crippen molar-refractivity contribution in [2.24, 2.45) is 0 Å². The third kappa shape index (κ3) is 4.92. The van der Waals surface area contributed by atoms with Crippen molar-refractivity contribution >= 4 is 0 Å². The summed E-state index contributed by atoms with van der Waals surface area (Å²) < 4.78 is 0. The van der Waals surface area contributed by atoms with Gasteiger partial charge in [0.2, 0.25) is 0 Å². The highest BCUT2D eigenvalue weighted by molar-refractivity contribution is 5.81. The Morgan fingerprint density at radius 2 is 0.927 bits per heavy atom. The lowest BCUT2D eigenvalue weighted by atomic mass is 9.77. The molecule has 41 heavy (non-hydrogen) atoms. The zero-order valence-electron chi connectivity index (χ0n) is 26.3. The molecule has 2 aliphatic rings. The minimum atomic E-state index is 0.512. The van der Waals surface area contributed by atoms with Crippen LogP contribution in [0.15, 0.2) is 36.4 Å². The molecule has 1 nitrogen and oxygen atoms in total. The predicted octanol–water partition coefficient (Wildman–Crippen LogP) is 10.2. The van der Waals surface area contributed by atoms with E-state index in [1.807, 2.05) is 0 Å². The highest BCUT2D eigenvalue weighted by Gasteiger charge is 2.26. The fraction of sp³-hybridized carbons (Fsp3) is 0.400. The molecule has 0 spiro atoms. The normalized spacial score (nSPS) is 14.6. The summed E-state index contributed by atoms with van der Waals surface area (Å²) in [4.78, 5) is 0. The van der Waals surface area contributed by atoms with Crippen LogP contribution < -0.4 is 0 Å². The summed E-state index contributed by atoms with van der Waals surface area (Å²) in [6.45, 7) is 15.6. The second kappa shape index (κ2) is 10.8. The van der Waals surface area contributed by atoms with Crippen molar-refractivity contribution in [1.82, 2.24) is 0 Å². The van der Waals surface area contributed by atoms with Gasteiger partial charge in [-0.15, -0.1) is 0 Å². The number of phenolic OH excluding ortho intramolecular Hbond substituents is 1. The van der Waals surface area contributed by atoms with Gasteiger partial charge < -0.3 is 5.11 Å². The Morgan fingerprint density at radius 3 is 1.44 bits per heavy atom. The molecule has 0 aromatic heterocycles. The Balaban J connectivity index is 1.59. The maximum absolute atomic E-state index is 12.2. The first-order chi connectivity index (χ1) is 19.6. The monoisotopic (exact) mass is 542 g/mol. The number of hydrogen-bond acceptors (Lipinski definition) is 1. The average Bonchev–Trinajstić information content (AvgIpc) is 2.91. The molecular formula is C40H46O. The van der Waals surface area contributed by atoms with Crippen LogP contribution >= 0.6 is 0 Å². The predicted molar refractivity (Wildman–Crippen MR) is 175 cm³/mol. The number of phenols is 1. The number of hydrogen-bond donors (Lipinski definition) is 1. The van der Waals surface area contributed by atoms with E-state index in [0.29, 0.717) is 5.75 Å². The van der Waals surface area contributed by atoms with E-state index in [-0.39, 0.29) is 0 Å². The van der Waals surface area contributed by atoms with Gasteiger partial charge >= 0.3 is 0 Å². The van der Waals surface area contributed by atoms with Gasteiger partial charge in [-0.1, -0.05) is 41.5 Å². The van der Waals surface area contributed by atoms with Crippen molar-refractivity contribution in [3.8, 4) is 28.0 Å². The smallest absolute Gasteiger partial charge is 0.127 e. The molecule has 0 atom stereocenters. The van der Waals surface area contributed by atoms with Gasteiger partial charge in [-0.25, -0.2) is 0 Å². The summed E-state index contributed by atoms with van der Waals surface area (Å²) in [5.41, 5.74) is 22.9. The highest BCUT2D eigenvalue weighted by atomic mass is 16.3. The minimum Gasteiger partial charge on any atom is -0.507 e. The Bertz CT molecular complexity index is 1510. The molecule has 0 unspecified atom stereocenters. The zero-order chi connectivity index (χ0) is 29.0. The lowest BCUT2D eigenvalue weighted by Gasteiger charge is -2.28. The molecule has 0 fully saturated rings. The zero-order valence-corrected chi connectivity index (χ0v) is 26.3. The second-order valence-corrected chi connectivity index (χ2v) is 13.2. The van der Waals surface area contributed by atoms with Gasteiger partial charge in [-0.2, -0.15) is 0 Å². The van der Waals surface area contributed by atoms with Gasteiger partial charge in [-0.05, 0) is 178 Å². The molecule has 1 heteroatoms. The van der Waals surface area contributed by atoms with E-state index in [1.54, 1.807) is 5.56 Å². The van der Waals surface area contributed by atoms with Crippen molar-refractivity contribution in [3.05, 3.63) is 109 Å². The van der Waals surface area contributed by atoms with Gasteiger partial charge in [0.05, 0.1) is 0 Å². The molecule has 4 aromatic rings. The fourth-order valence-electron chi connectivity index (χ4n) is 8.35. The Hall–Kier alpha value is -3.32. The molecule has 4 aromatic carbocycles. The maximum Gasteiger partial charge on any atom is 0.127 e. The largest absolute Gasteiger partial charge is 0.507 e. The Kier molecular flexibility index (Phi) is 7.35. The van der Waals surface area contributed by atoms with E-state index in [2.05, 4.69) is 84.9 Å². The van der Waals surface area contributed by atoms with Gasteiger partial charge in [0, 0.05) is 17.5 Å². The molecule has 6 rings (SSSR count). The summed E-state index contributed by atoms with van der Waals surface area (Å²) in [5.74, 6) is 0.512. The van der Waals surface area contributed by atoms with E-state index < -0.39 is 0 Å².